The molecular formula is C13H18N2. The van der Waals surface area contributed by atoms with Crippen LogP contribution in [0.5, 0.6) is 0 Å². The Morgan fingerprint density at radius 1 is 1.53 bits per heavy atom. The lowest BCUT2D eigenvalue weighted by Crippen LogP contribution is -2.30. The SMILES string of the molecule is CC(NC1C=CCCC1)c1cccnc1. The zero-order valence-electron chi connectivity index (χ0n) is 9.19. The van der Waals surface area contributed by atoms with E-state index in [4.69, 9.17) is 0 Å². The summed E-state index contributed by atoms with van der Waals surface area (Å²) in [6.07, 6.45) is 12.1. The number of allylic oxidation sites excluding steroid dienone is 1. The van der Waals surface area contributed by atoms with Gasteiger partial charge in [0.15, 0.2) is 0 Å². The highest BCUT2D eigenvalue weighted by Gasteiger charge is 2.12. The van der Waals surface area contributed by atoms with Crippen molar-refractivity contribution < 1.29 is 0 Å². The summed E-state index contributed by atoms with van der Waals surface area (Å²) >= 11 is 0. The number of hydrogen-bond acceptors (Lipinski definition) is 2. The van der Waals surface area contributed by atoms with E-state index in [1.165, 1.54) is 24.8 Å². The fourth-order valence-corrected chi connectivity index (χ4v) is 2.00. The molecule has 0 aliphatic heterocycles. The molecule has 0 aromatic carbocycles. The van der Waals surface area contributed by atoms with Gasteiger partial charge in [-0.2, -0.15) is 0 Å². The van der Waals surface area contributed by atoms with Gasteiger partial charge in [0.2, 0.25) is 0 Å². The normalized spacial score (nSPS) is 22.6. The fourth-order valence-electron chi connectivity index (χ4n) is 2.00. The van der Waals surface area contributed by atoms with E-state index in [-0.39, 0.29) is 0 Å². The van der Waals surface area contributed by atoms with Gasteiger partial charge in [0, 0.05) is 24.5 Å². The van der Waals surface area contributed by atoms with Crippen LogP contribution in [0.2, 0.25) is 0 Å². The van der Waals surface area contributed by atoms with Crippen molar-refractivity contribution in [2.24, 2.45) is 0 Å². The van der Waals surface area contributed by atoms with Gasteiger partial charge in [0.05, 0.1) is 0 Å². The molecule has 0 radical (unpaired) electrons. The topological polar surface area (TPSA) is 24.9 Å². The minimum Gasteiger partial charge on any atom is -0.304 e. The molecule has 15 heavy (non-hydrogen) atoms. The molecule has 2 nitrogen and oxygen atoms in total. The Morgan fingerprint density at radius 2 is 2.47 bits per heavy atom. The van der Waals surface area contributed by atoms with Gasteiger partial charge in [-0.1, -0.05) is 18.2 Å². The van der Waals surface area contributed by atoms with E-state index in [2.05, 4.69) is 35.4 Å². The van der Waals surface area contributed by atoms with E-state index in [9.17, 15) is 0 Å². The van der Waals surface area contributed by atoms with Gasteiger partial charge in [0.25, 0.3) is 0 Å². The van der Waals surface area contributed by atoms with Crippen molar-refractivity contribution in [1.29, 1.82) is 0 Å². The van der Waals surface area contributed by atoms with Crippen LogP contribution >= 0.6 is 0 Å². The second-order valence-corrected chi connectivity index (χ2v) is 4.14. The summed E-state index contributed by atoms with van der Waals surface area (Å²) in [5.74, 6) is 0. The Bertz CT molecular complexity index is 319. The lowest BCUT2D eigenvalue weighted by Gasteiger charge is -2.22. The zero-order chi connectivity index (χ0) is 10.5. The van der Waals surface area contributed by atoms with E-state index in [0.717, 1.165) is 0 Å². The largest absolute Gasteiger partial charge is 0.304 e. The molecule has 1 aliphatic rings. The maximum atomic E-state index is 4.14. The van der Waals surface area contributed by atoms with Crippen molar-refractivity contribution in [3.63, 3.8) is 0 Å². The molecule has 1 heterocycles. The zero-order valence-corrected chi connectivity index (χ0v) is 9.19. The van der Waals surface area contributed by atoms with Gasteiger partial charge in [-0.05, 0) is 37.8 Å². The van der Waals surface area contributed by atoms with Crippen molar-refractivity contribution >= 4 is 0 Å². The average molecular weight is 202 g/mol. The van der Waals surface area contributed by atoms with E-state index >= 15 is 0 Å². The van der Waals surface area contributed by atoms with Gasteiger partial charge in [-0.15, -0.1) is 0 Å². The molecule has 0 saturated carbocycles. The minimum atomic E-state index is 0.381. The molecule has 0 fully saturated rings. The monoisotopic (exact) mass is 202 g/mol. The minimum absolute atomic E-state index is 0.381. The van der Waals surface area contributed by atoms with Gasteiger partial charge in [-0.3, -0.25) is 4.98 Å². The number of nitrogens with zero attached hydrogens (tertiary/aromatic N) is 1. The molecule has 2 heteroatoms. The first-order chi connectivity index (χ1) is 7.36. The third-order valence-electron chi connectivity index (χ3n) is 2.90. The maximum absolute atomic E-state index is 4.14. The Balaban J connectivity index is 1.94. The van der Waals surface area contributed by atoms with Crippen LogP contribution < -0.4 is 5.32 Å². The quantitative estimate of drug-likeness (QED) is 0.762. The number of pyridine rings is 1. The molecule has 0 spiro atoms. The molecule has 2 rings (SSSR count). The van der Waals surface area contributed by atoms with E-state index in [1.54, 1.807) is 0 Å². The summed E-state index contributed by atoms with van der Waals surface area (Å²) in [4.78, 5) is 4.14. The highest BCUT2D eigenvalue weighted by molar-refractivity contribution is 5.14. The van der Waals surface area contributed by atoms with Crippen LogP contribution in [-0.2, 0) is 0 Å². The summed E-state index contributed by atoms with van der Waals surface area (Å²) in [6, 6.07) is 5.03. The first kappa shape index (κ1) is 10.4. The molecule has 0 amide bonds. The summed E-state index contributed by atoms with van der Waals surface area (Å²) in [5, 5.41) is 3.61. The first-order valence-corrected chi connectivity index (χ1v) is 5.69. The van der Waals surface area contributed by atoms with Gasteiger partial charge < -0.3 is 5.32 Å². The lowest BCUT2D eigenvalue weighted by molar-refractivity contribution is 0.467. The third-order valence-corrected chi connectivity index (χ3v) is 2.90. The Hall–Kier alpha value is -1.15. The van der Waals surface area contributed by atoms with Gasteiger partial charge in [-0.25, -0.2) is 0 Å². The van der Waals surface area contributed by atoms with Gasteiger partial charge in [0.1, 0.15) is 0 Å². The average Bonchev–Trinajstić information content (AvgIpc) is 2.31. The fraction of sp³-hybridized carbons (Fsp3) is 0.462. The predicted molar refractivity (Wildman–Crippen MR) is 62.6 cm³/mol. The molecule has 80 valence electrons. The van der Waals surface area contributed by atoms with E-state index in [0.29, 0.717) is 12.1 Å². The first-order valence-electron chi connectivity index (χ1n) is 5.69. The summed E-state index contributed by atoms with van der Waals surface area (Å²) in [5.41, 5.74) is 1.26. The standard InChI is InChI=1S/C13H18N2/c1-11(12-6-5-9-14-10-12)15-13-7-3-2-4-8-13/h3,5-7,9-11,13,15H,2,4,8H2,1H3. The molecule has 2 unspecified atom stereocenters. The van der Waals surface area contributed by atoms with Crippen molar-refractivity contribution in [1.82, 2.24) is 10.3 Å². The number of hydrogen-bond donors (Lipinski definition) is 1. The Morgan fingerprint density at radius 3 is 3.13 bits per heavy atom. The highest BCUT2D eigenvalue weighted by atomic mass is 14.9. The Labute approximate surface area is 91.4 Å². The van der Waals surface area contributed by atoms with Crippen molar-refractivity contribution in [2.45, 2.75) is 38.3 Å². The van der Waals surface area contributed by atoms with Crippen LogP contribution in [0.25, 0.3) is 0 Å². The van der Waals surface area contributed by atoms with Gasteiger partial charge >= 0.3 is 0 Å². The van der Waals surface area contributed by atoms with E-state index < -0.39 is 0 Å². The Kier molecular flexibility index (Phi) is 3.51. The van der Waals surface area contributed by atoms with Crippen LogP contribution in [0.15, 0.2) is 36.7 Å². The molecule has 0 bridgehead atoms. The molecular weight excluding hydrogens is 184 g/mol. The van der Waals surface area contributed by atoms with Crippen LogP contribution in [0.4, 0.5) is 0 Å². The van der Waals surface area contributed by atoms with Crippen LogP contribution in [0.1, 0.15) is 37.8 Å². The smallest absolute Gasteiger partial charge is 0.0315 e. The molecule has 0 saturated heterocycles. The highest BCUT2D eigenvalue weighted by Crippen LogP contribution is 2.16. The maximum Gasteiger partial charge on any atom is 0.0315 e. The number of nitrogens with one attached hydrogen (secondary N) is 1. The van der Waals surface area contributed by atoms with Crippen LogP contribution in [0.3, 0.4) is 0 Å². The lowest BCUT2D eigenvalue weighted by atomic mass is 10.0. The molecule has 1 aromatic rings. The summed E-state index contributed by atoms with van der Waals surface area (Å²) in [7, 11) is 0. The second kappa shape index (κ2) is 5.08. The second-order valence-electron chi connectivity index (χ2n) is 4.14. The van der Waals surface area contributed by atoms with Crippen molar-refractivity contribution in [2.75, 3.05) is 0 Å². The third kappa shape index (κ3) is 2.90. The molecule has 2 atom stereocenters. The molecule has 1 aromatic heterocycles. The number of rotatable bonds is 3. The molecule has 1 aliphatic carbocycles. The summed E-state index contributed by atoms with van der Waals surface area (Å²) < 4.78 is 0. The van der Waals surface area contributed by atoms with Crippen molar-refractivity contribution in [3.05, 3.63) is 42.2 Å². The van der Waals surface area contributed by atoms with Crippen LogP contribution in [-0.4, -0.2) is 11.0 Å². The van der Waals surface area contributed by atoms with Crippen LogP contribution in [0, 0.1) is 0 Å². The number of aromatic nitrogens is 1. The predicted octanol–water partition coefficient (Wildman–Crippen LogP) is 2.84. The summed E-state index contributed by atoms with van der Waals surface area (Å²) in [6.45, 7) is 2.19. The van der Waals surface area contributed by atoms with E-state index in [1.807, 2.05) is 18.5 Å². The van der Waals surface area contributed by atoms with Crippen molar-refractivity contribution in [3.8, 4) is 0 Å². The molecule has 1 N–H and O–H groups in total.